The lowest BCUT2D eigenvalue weighted by atomic mass is 9.95. The lowest BCUT2D eigenvalue weighted by Crippen LogP contribution is -2.44. The Morgan fingerprint density at radius 1 is 1.18 bits per heavy atom. The minimum absolute atomic E-state index is 0.0673. The number of benzene rings is 2. The van der Waals surface area contributed by atoms with E-state index in [-0.39, 0.29) is 35.4 Å². The molecular weight excluding hydrogens is 502 g/mol. The zero-order chi connectivity index (χ0) is 27.1. The van der Waals surface area contributed by atoms with Gasteiger partial charge in [0.05, 0.1) is 16.6 Å². The normalized spacial score (nSPS) is 17.3. The molecule has 0 aliphatic carbocycles. The molecule has 0 saturated carbocycles. The highest BCUT2D eigenvalue weighted by Gasteiger charge is 2.37. The molecule has 2 aliphatic heterocycles. The Hall–Kier alpha value is -4.09. The van der Waals surface area contributed by atoms with E-state index in [1.165, 1.54) is 13.0 Å². The van der Waals surface area contributed by atoms with Gasteiger partial charge in [-0.15, -0.1) is 0 Å². The van der Waals surface area contributed by atoms with Crippen LogP contribution in [0, 0.1) is 11.3 Å². The summed E-state index contributed by atoms with van der Waals surface area (Å²) < 4.78 is 2.01. The highest BCUT2D eigenvalue weighted by atomic mass is 35.5. The lowest BCUT2D eigenvalue weighted by molar-refractivity contribution is -0.114. The molecule has 8 nitrogen and oxygen atoms in total. The molecule has 0 radical (unpaired) electrons. The van der Waals surface area contributed by atoms with Gasteiger partial charge in [-0.05, 0) is 61.7 Å². The molecule has 3 heterocycles. The maximum absolute atomic E-state index is 13.9. The number of carbonyl (C=O) groups excluding carboxylic acids is 3. The van der Waals surface area contributed by atoms with E-state index < -0.39 is 0 Å². The summed E-state index contributed by atoms with van der Waals surface area (Å²) in [4.78, 5) is 42.5. The second-order valence-corrected chi connectivity index (χ2v) is 10.4. The van der Waals surface area contributed by atoms with Crippen LogP contribution in [0.25, 0.3) is 0 Å². The molecule has 0 unspecified atom stereocenters. The van der Waals surface area contributed by atoms with Gasteiger partial charge in [0, 0.05) is 55.6 Å². The van der Waals surface area contributed by atoms with E-state index in [0.717, 1.165) is 16.7 Å². The number of amides is 3. The number of hydrogen-bond donors (Lipinski definition) is 1. The van der Waals surface area contributed by atoms with Crippen molar-refractivity contribution < 1.29 is 14.4 Å². The van der Waals surface area contributed by atoms with Crippen molar-refractivity contribution in [3.63, 3.8) is 0 Å². The number of halogens is 1. The van der Waals surface area contributed by atoms with Crippen molar-refractivity contribution in [1.82, 2.24) is 14.4 Å². The summed E-state index contributed by atoms with van der Waals surface area (Å²) in [7, 11) is 0. The minimum Gasteiger partial charge on any atom is -0.341 e. The molecule has 0 fully saturated rings. The molecule has 2 aliphatic rings. The van der Waals surface area contributed by atoms with Gasteiger partial charge in [-0.3, -0.25) is 14.4 Å². The second-order valence-electron chi connectivity index (χ2n) is 9.95. The summed E-state index contributed by atoms with van der Waals surface area (Å²) in [6, 6.07) is 14.0. The lowest BCUT2D eigenvalue weighted by Gasteiger charge is -2.36. The molecule has 1 aromatic heterocycles. The van der Waals surface area contributed by atoms with E-state index >= 15 is 0 Å². The number of fused-ring (bicyclic) bond motifs is 3. The molecule has 38 heavy (non-hydrogen) atoms. The van der Waals surface area contributed by atoms with Crippen LogP contribution in [0.5, 0.6) is 0 Å². The zero-order valence-electron chi connectivity index (χ0n) is 21.5. The number of nitrogens with one attached hydrogen (secondary N) is 1. The Morgan fingerprint density at radius 3 is 2.71 bits per heavy atom. The standard InChI is InChI=1S/C29H28ClN5O3/c1-17-11-23-15-33-9-10-34(18(2)20-5-4-6-24(13-20)32-19(3)36)29(38)27(33)25(23)16-35(17)28(37)21-7-8-26(30)22(12-21)14-31/h4-8,12-13,15,17-18H,9-11,16H2,1-3H3,(H,32,36)/t17-,18-/m1/s1. The van der Waals surface area contributed by atoms with Crippen LogP contribution in [-0.2, 0) is 24.3 Å². The van der Waals surface area contributed by atoms with Gasteiger partial charge in [-0.1, -0.05) is 23.7 Å². The molecule has 0 saturated heterocycles. The molecule has 2 atom stereocenters. The van der Waals surface area contributed by atoms with Crippen molar-refractivity contribution in [2.75, 3.05) is 11.9 Å². The first kappa shape index (κ1) is 25.6. The molecule has 2 aromatic carbocycles. The Bertz CT molecular complexity index is 1500. The average Bonchev–Trinajstić information content (AvgIpc) is 3.25. The van der Waals surface area contributed by atoms with E-state index in [9.17, 15) is 19.6 Å². The SMILES string of the molecule is CC(=O)Nc1cccc([C@@H](C)N2CCn3cc4c(c3C2=O)CN(C(=O)c2ccc(Cl)c(C#N)c2)[C@H](C)C4)c1. The van der Waals surface area contributed by atoms with Crippen LogP contribution >= 0.6 is 11.6 Å². The predicted molar refractivity (Wildman–Crippen MR) is 144 cm³/mol. The van der Waals surface area contributed by atoms with Crippen molar-refractivity contribution in [2.24, 2.45) is 0 Å². The summed E-state index contributed by atoms with van der Waals surface area (Å²) in [6.07, 6.45) is 2.69. The largest absolute Gasteiger partial charge is 0.341 e. The molecule has 3 aromatic rings. The van der Waals surface area contributed by atoms with Crippen LogP contribution in [-0.4, -0.2) is 44.7 Å². The summed E-state index contributed by atoms with van der Waals surface area (Å²) in [5.41, 5.74) is 4.86. The first-order chi connectivity index (χ1) is 18.2. The number of carbonyl (C=O) groups is 3. The van der Waals surface area contributed by atoms with Gasteiger partial charge in [0.15, 0.2) is 0 Å². The highest BCUT2D eigenvalue weighted by molar-refractivity contribution is 6.31. The Labute approximate surface area is 226 Å². The van der Waals surface area contributed by atoms with Gasteiger partial charge in [0.25, 0.3) is 11.8 Å². The van der Waals surface area contributed by atoms with Gasteiger partial charge in [0.1, 0.15) is 11.8 Å². The summed E-state index contributed by atoms with van der Waals surface area (Å²) >= 11 is 6.07. The van der Waals surface area contributed by atoms with Gasteiger partial charge in [0.2, 0.25) is 5.91 Å². The molecule has 9 heteroatoms. The number of rotatable bonds is 4. The van der Waals surface area contributed by atoms with Crippen molar-refractivity contribution in [2.45, 2.75) is 52.4 Å². The Balaban J connectivity index is 1.42. The topological polar surface area (TPSA) is 98.4 Å². The molecular formula is C29H28ClN5O3. The maximum Gasteiger partial charge on any atom is 0.271 e. The molecule has 0 bridgehead atoms. The fourth-order valence-electron chi connectivity index (χ4n) is 5.46. The van der Waals surface area contributed by atoms with E-state index in [1.54, 1.807) is 17.0 Å². The van der Waals surface area contributed by atoms with E-state index in [2.05, 4.69) is 11.5 Å². The second kappa shape index (κ2) is 9.99. The van der Waals surface area contributed by atoms with Crippen LogP contribution in [0.3, 0.4) is 0 Å². The third kappa shape index (κ3) is 4.54. The smallest absolute Gasteiger partial charge is 0.271 e. The van der Waals surface area contributed by atoms with Crippen LogP contribution in [0.4, 0.5) is 5.69 Å². The molecule has 194 valence electrons. The van der Waals surface area contributed by atoms with Gasteiger partial charge < -0.3 is 19.7 Å². The maximum atomic E-state index is 13.9. The summed E-state index contributed by atoms with van der Waals surface area (Å²) in [5, 5.41) is 12.4. The first-order valence-electron chi connectivity index (χ1n) is 12.6. The van der Waals surface area contributed by atoms with Gasteiger partial charge in [-0.25, -0.2) is 0 Å². The third-order valence-corrected chi connectivity index (χ3v) is 7.77. The Morgan fingerprint density at radius 2 is 1.97 bits per heavy atom. The van der Waals surface area contributed by atoms with Crippen molar-refractivity contribution in [3.8, 4) is 6.07 Å². The highest BCUT2D eigenvalue weighted by Crippen LogP contribution is 2.34. The summed E-state index contributed by atoms with van der Waals surface area (Å²) in [5.74, 6) is -0.418. The van der Waals surface area contributed by atoms with E-state index in [0.29, 0.717) is 48.0 Å². The number of aromatic nitrogens is 1. The molecule has 0 spiro atoms. The number of nitriles is 1. The van der Waals surface area contributed by atoms with Crippen LogP contribution < -0.4 is 5.32 Å². The number of nitrogens with zero attached hydrogens (tertiary/aromatic N) is 4. The van der Waals surface area contributed by atoms with Crippen LogP contribution in [0.2, 0.25) is 5.02 Å². The number of anilines is 1. The zero-order valence-corrected chi connectivity index (χ0v) is 22.2. The first-order valence-corrected chi connectivity index (χ1v) is 13.0. The molecule has 5 rings (SSSR count). The quantitative estimate of drug-likeness (QED) is 0.526. The third-order valence-electron chi connectivity index (χ3n) is 7.44. The van der Waals surface area contributed by atoms with Crippen LogP contribution in [0.15, 0.2) is 48.7 Å². The van der Waals surface area contributed by atoms with Gasteiger partial charge in [-0.2, -0.15) is 5.26 Å². The predicted octanol–water partition coefficient (Wildman–Crippen LogP) is 4.78. The van der Waals surface area contributed by atoms with Crippen LogP contribution in [0.1, 0.15) is 69.9 Å². The summed E-state index contributed by atoms with van der Waals surface area (Å²) in [6.45, 7) is 6.98. The molecule has 1 N–H and O–H groups in total. The number of hydrogen-bond acceptors (Lipinski definition) is 4. The monoisotopic (exact) mass is 529 g/mol. The fraction of sp³-hybridized carbons (Fsp3) is 0.310. The average molecular weight is 530 g/mol. The van der Waals surface area contributed by atoms with Crippen molar-refractivity contribution in [3.05, 3.63) is 87.2 Å². The van der Waals surface area contributed by atoms with Crippen molar-refractivity contribution in [1.29, 1.82) is 5.26 Å². The van der Waals surface area contributed by atoms with E-state index in [4.69, 9.17) is 11.6 Å². The minimum atomic E-state index is -0.200. The van der Waals surface area contributed by atoms with E-state index in [1.807, 2.05) is 53.6 Å². The fourth-order valence-corrected chi connectivity index (χ4v) is 5.61. The molecule has 3 amide bonds. The van der Waals surface area contributed by atoms with Gasteiger partial charge >= 0.3 is 0 Å². The Kier molecular flexibility index (Phi) is 6.72. The van der Waals surface area contributed by atoms with Crippen molar-refractivity contribution >= 4 is 35.0 Å².